The molecule has 0 radical (unpaired) electrons. The first kappa shape index (κ1) is 13.3. The van der Waals surface area contributed by atoms with Gasteiger partial charge in [0.05, 0.1) is 17.3 Å². The normalized spacial score (nSPS) is 10.7. The SMILES string of the molecule is CCc1nc(CC)n(-c2ccc(C#N)c3ccccc23)n1. The van der Waals surface area contributed by atoms with E-state index in [1.165, 1.54) is 0 Å². The molecule has 0 spiro atoms. The molecule has 4 nitrogen and oxygen atoms in total. The molecular weight excluding hydrogens is 260 g/mol. The van der Waals surface area contributed by atoms with Crippen molar-refractivity contribution in [3.05, 3.63) is 53.6 Å². The molecule has 0 amide bonds. The van der Waals surface area contributed by atoms with Gasteiger partial charge in [0.1, 0.15) is 5.82 Å². The summed E-state index contributed by atoms with van der Waals surface area (Å²) in [5.41, 5.74) is 1.66. The molecular formula is C17H16N4. The Balaban J connectivity index is 2.31. The Hall–Kier alpha value is -2.67. The molecule has 0 bridgehead atoms. The van der Waals surface area contributed by atoms with E-state index in [-0.39, 0.29) is 0 Å². The predicted molar refractivity (Wildman–Crippen MR) is 82.3 cm³/mol. The van der Waals surface area contributed by atoms with Crippen LogP contribution in [0.25, 0.3) is 16.5 Å². The summed E-state index contributed by atoms with van der Waals surface area (Å²) < 4.78 is 1.91. The van der Waals surface area contributed by atoms with Gasteiger partial charge < -0.3 is 0 Å². The van der Waals surface area contributed by atoms with Crippen molar-refractivity contribution >= 4 is 10.8 Å². The Morgan fingerprint density at radius 2 is 1.81 bits per heavy atom. The molecule has 0 saturated heterocycles. The molecule has 1 aromatic heterocycles. The summed E-state index contributed by atoms with van der Waals surface area (Å²) >= 11 is 0. The van der Waals surface area contributed by atoms with Crippen molar-refractivity contribution in [1.29, 1.82) is 5.26 Å². The summed E-state index contributed by atoms with van der Waals surface area (Å²) in [5.74, 6) is 1.79. The molecule has 4 heteroatoms. The van der Waals surface area contributed by atoms with E-state index in [2.05, 4.69) is 30.0 Å². The van der Waals surface area contributed by atoms with Gasteiger partial charge in [0.25, 0.3) is 0 Å². The van der Waals surface area contributed by atoms with Gasteiger partial charge in [-0.2, -0.15) is 10.4 Å². The summed E-state index contributed by atoms with van der Waals surface area (Å²) in [6.45, 7) is 4.13. The van der Waals surface area contributed by atoms with Crippen LogP contribution in [0.3, 0.4) is 0 Å². The third kappa shape index (κ3) is 2.17. The highest BCUT2D eigenvalue weighted by Gasteiger charge is 2.13. The first-order valence-electron chi connectivity index (χ1n) is 7.15. The molecule has 0 fully saturated rings. The average molecular weight is 276 g/mol. The highest BCUT2D eigenvalue weighted by molar-refractivity contribution is 5.94. The fourth-order valence-corrected chi connectivity index (χ4v) is 2.53. The van der Waals surface area contributed by atoms with Gasteiger partial charge >= 0.3 is 0 Å². The van der Waals surface area contributed by atoms with Crippen molar-refractivity contribution in [2.24, 2.45) is 0 Å². The van der Waals surface area contributed by atoms with Crippen LogP contribution in [-0.2, 0) is 12.8 Å². The Kier molecular flexibility index (Phi) is 3.41. The number of hydrogen-bond acceptors (Lipinski definition) is 3. The van der Waals surface area contributed by atoms with E-state index in [0.717, 1.165) is 41.0 Å². The van der Waals surface area contributed by atoms with Crippen molar-refractivity contribution in [2.45, 2.75) is 26.7 Å². The Morgan fingerprint density at radius 1 is 1.05 bits per heavy atom. The fraction of sp³-hybridized carbons (Fsp3) is 0.235. The number of nitriles is 1. The van der Waals surface area contributed by atoms with Crippen molar-refractivity contribution in [2.75, 3.05) is 0 Å². The highest BCUT2D eigenvalue weighted by atomic mass is 15.3. The minimum Gasteiger partial charge on any atom is -0.217 e. The van der Waals surface area contributed by atoms with Crippen LogP contribution in [0.1, 0.15) is 31.1 Å². The summed E-state index contributed by atoms with van der Waals surface area (Å²) in [6, 6.07) is 14.0. The number of rotatable bonds is 3. The van der Waals surface area contributed by atoms with E-state index in [1.54, 1.807) is 0 Å². The molecule has 0 atom stereocenters. The van der Waals surface area contributed by atoms with Crippen molar-refractivity contribution in [3.63, 3.8) is 0 Å². The molecule has 3 aromatic rings. The summed E-state index contributed by atoms with van der Waals surface area (Å²) in [5, 5.41) is 15.8. The second-order valence-corrected chi connectivity index (χ2v) is 4.85. The zero-order chi connectivity index (χ0) is 14.8. The average Bonchev–Trinajstić information content (AvgIpc) is 2.97. The molecule has 0 aliphatic rings. The highest BCUT2D eigenvalue weighted by Crippen LogP contribution is 2.26. The largest absolute Gasteiger partial charge is 0.217 e. The smallest absolute Gasteiger partial charge is 0.151 e. The van der Waals surface area contributed by atoms with Gasteiger partial charge in [0.2, 0.25) is 0 Å². The molecule has 0 aliphatic heterocycles. The van der Waals surface area contributed by atoms with E-state index >= 15 is 0 Å². The van der Waals surface area contributed by atoms with Gasteiger partial charge in [-0.25, -0.2) is 9.67 Å². The molecule has 3 rings (SSSR count). The van der Waals surface area contributed by atoms with Crippen LogP contribution < -0.4 is 0 Å². The van der Waals surface area contributed by atoms with Gasteiger partial charge in [-0.1, -0.05) is 38.1 Å². The molecule has 1 heterocycles. The number of nitrogens with zero attached hydrogens (tertiary/aromatic N) is 4. The van der Waals surface area contributed by atoms with E-state index < -0.39 is 0 Å². The third-order valence-electron chi connectivity index (χ3n) is 3.60. The maximum absolute atomic E-state index is 9.26. The minimum atomic E-state index is 0.684. The number of aryl methyl sites for hydroxylation is 2. The van der Waals surface area contributed by atoms with Gasteiger partial charge in [-0.15, -0.1) is 0 Å². The first-order valence-corrected chi connectivity index (χ1v) is 7.15. The van der Waals surface area contributed by atoms with Crippen LogP contribution in [-0.4, -0.2) is 14.8 Å². The van der Waals surface area contributed by atoms with E-state index in [0.29, 0.717) is 5.56 Å². The summed E-state index contributed by atoms with van der Waals surface area (Å²) in [6.07, 6.45) is 1.63. The van der Waals surface area contributed by atoms with Crippen LogP contribution >= 0.6 is 0 Å². The predicted octanol–water partition coefficient (Wildman–Crippen LogP) is 3.42. The van der Waals surface area contributed by atoms with E-state index in [4.69, 9.17) is 0 Å². The Bertz CT molecular complexity index is 840. The molecule has 0 aliphatic carbocycles. The lowest BCUT2D eigenvalue weighted by molar-refractivity contribution is 0.796. The summed E-state index contributed by atoms with van der Waals surface area (Å²) in [4.78, 5) is 4.56. The van der Waals surface area contributed by atoms with E-state index in [1.807, 2.05) is 41.1 Å². The third-order valence-corrected chi connectivity index (χ3v) is 3.60. The number of fused-ring (bicyclic) bond motifs is 1. The number of benzene rings is 2. The molecule has 0 saturated carbocycles. The maximum Gasteiger partial charge on any atom is 0.151 e. The van der Waals surface area contributed by atoms with Gasteiger partial charge in [-0.3, -0.25) is 0 Å². The second-order valence-electron chi connectivity index (χ2n) is 4.85. The fourth-order valence-electron chi connectivity index (χ4n) is 2.53. The Labute approximate surface area is 123 Å². The monoisotopic (exact) mass is 276 g/mol. The topological polar surface area (TPSA) is 54.5 Å². The molecule has 0 N–H and O–H groups in total. The first-order chi connectivity index (χ1) is 10.3. The second kappa shape index (κ2) is 5.37. The Morgan fingerprint density at radius 3 is 2.48 bits per heavy atom. The zero-order valence-electron chi connectivity index (χ0n) is 12.2. The summed E-state index contributed by atoms with van der Waals surface area (Å²) in [7, 11) is 0. The van der Waals surface area contributed by atoms with Crippen LogP contribution in [0.5, 0.6) is 0 Å². The van der Waals surface area contributed by atoms with Crippen molar-refractivity contribution < 1.29 is 0 Å². The lowest BCUT2D eigenvalue weighted by atomic mass is 10.0. The standard InChI is InChI=1S/C17H16N4/c1-3-16-19-17(4-2)21(20-16)15-10-9-12(11-18)13-7-5-6-8-14(13)15/h5-10H,3-4H2,1-2H3. The molecule has 0 unspecified atom stereocenters. The van der Waals surface area contributed by atoms with Crippen LogP contribution in [0.15, 0.2) is 36.4 Å². The number of aromatic nitrogens is 3. The maximum atomic E-state index is 9.26. The molecule has 104 valence electrons. The lowest BCUT2D eigenvalue weighted by Crippen LogP contribution is -2.03. The van der Waals surface area contributed by atoms with Crippen molar-refractivity contribution in [1.82, 2.24) is 14.8 Å². The van der Waals surface area contributed by atoms with Gasteiger partial charge in [-0.05, 0) is 12.1 Å². The van der Waals surface area contributed by atoms with Crippen molar-refractivity contribution in [3.8, 4) is 11.8 Å². The van der Waals surface area contributed by atoms with Gasteiger partial charge in [0, 0.05) is 23.6 Å². The number of hydrogen-bond donors (Lipinski definition) is 0. The molecule has 2 aromatic carbocycles. The van der Waals surface area contributed by atoms with Crippen LogP contribution in [0.4, 0.5) is 0 Å². The zero-order valence-corrected chi connectivity index (χ0v) is 12.2. The van der Waals surface area contributed by atoms with Crippen LogP contribution in [0, 0.1) is 11.3 Å². The van der Waals surface area contributed by atoms with Crippen LogP contribution in [0.2, 0.25) is 0 Å². The minimum absolute atomic E-state index is 0.684. The lowest BCUT2D eigenvalue weighted by Gasteiger charge is -2.09. The quantitative estimate of drug-likeness (QED) is 0.736. The van der Waals surface area contributed by atoms with E-state index in [9.17, 15) is 5.26 Å². The van der Waals surface area contributed by atoms with Gasteiger partial charge in [0.15, 0.2) is 5.82 Å². The molecule has 21 heavy (non-hydrogen) atoms.